The van der Waals surface area contributed by atoms with E-state index in [0.29, 0.717) is 26.1 Å². The van der Waals surface area contributed by atoms with E-state index in [1.54, 1.807) is 26.1 Å². The van der Waals surface area contributed by atoms with E-state index >= 15 is 0 Å². The van der Waals surface area contributed by atoms with Crippen molar-refractivity contribution < 1.29 is 14.6 Å². The number of aliphatic hydroxyl groups excluding tert-OH is 1. The average Bonchev–Trinajstić information content (AvgIpc) is 2.21. The van der Waals surface area contributed by atoms with E-state index in [0.717, 1.165) is 6.54 Å². The fraction of sp³-hybridized carbons (Fsp3) is 0.900. The molecule has 0 atom stereocenters. The topological polar surface area (TPSA) is 53.0 Å². The summed E-state index contributed by atoms with van der Waals surface area (Å²) in [7, 11) is 5.13. The SMILES string of the molecule is COCCN(CCO)CCC(=O)N(C)C. The first-order valence-electron chi connectivity index (χ1n) is 5.14. The van der Waals surface area contributed by atoms with Crippen LogP contribution in [0.1, 0.15) is 6.42 Å². The quantitative estimate of drug-likeness (QED) is 0.591. The van der Waals surface area contributed by atoms with E-state index < -0.39 is 0 Å². The van der Waals surface area contributed by atoms with Gasteiger partial charge in [-0.1, -0.05) is 0 Å². The molecule has 1 amide bonds. The summed E-state index contributed by atoms with van der Waals surface area (Å²) in [6, 6.07) is 0. The molecule has 5 nitrogen and oxygen atoms in total. The number of hydrogen-bond donors (Lipinski definition) is 1. The summed E-state index contributed by atoms with van der Waals surface area (Å²) in [6.45, 7) is 2.73. The van der Waals surface area contributed by atoms with Gasteiger partial charge in [-0.2, -0.15) is 0 Å². The second kappa shape index (κ2) is 8.64. The van der Waals surface area contributed by atoms with Crippen molar-refractivity contribution in [3.05, 3.63) is 0 Å². The lowest BCUT2D eigenvalue weighted by atomic mass is 10.3. The molecule has 0 heterocycles. The minimum absolute atomic E-state index is 0.107. The van der Waals surface area contributed by atoms with Crippen LogP contribution in [0.5, 0.6) is 0 Å². The van der Waals surface area contributed by atoms with Gasteiger partial charge in [0.2, 0.25) is 5.91 Å². The second-order valence-corrected chi connectivity index (χ2v) is 3.60. The van der Waals surface area contributed by atoms with Gasteiger partial charge in [0.15, 0.2) is 0 Å². The van der Waals surface area contributed by atoms with Gasteiger partial charge in [-0.25, -0.2) is 0 Å². The van der Waals surface area contributed by atoms with E-state index in [4.69, 9.17) is 9.84 Å². The minimum Gasteiger partial charge on any atom is -0.395 e. The Morgan fingerprint density at radius 3 is 2.40 bits per heavy atom. The van der Waals surface area contributed by atoms with E-state index in [1.807, 2.05) is 4.90 Å². The minimum atomic E-state index is 0.107. The first-order valence-corrected chi connectivity index (χ1v) is 5.14. The molecule has 0 spiro atoms. The number of amides is 1. The summed E-state index contributed by atoms with van der Waals surface area (Å²) in [5.74, 6) is 0.107. The monoisotopic (exact) mass is 218 g/mol. The second-order valence-electron chi connectivity index (χ2n) is 3.60. The van der Waals surface area contributed by atoms with Gasteiger partial charge in [0.05, 0.1) is 13.2 Å². The standard InChI is InChI=1S/C10H22N2O3/c1-11(2)10(14)4-5-12(6-8-13)7-9-15-3/h13H,4-9H2,1-3H3. The van der Waals surface area contributed by atoms with Gasteiger partial charge >= 0.3 is 0 Å². The van der Waals surface area contributed by atoms with Crippen LogP contribution in [0.2, 0.25) is 0 Å². The molecule has 0 aliphatic carbocycles. The Kier molecular flexibility index (Phi) is 8.27. The van der Waals surface area contributed by atoms with Crippen LogP contribution in [0.3, 0.4) is 0 Å². The highest BCUT2D eigenvalue weighted by Gasteiger charge is 2.08. The van der Waals surface area contributed by atoms with Crippen LogP contribution in [-0.4, -0.2) is 74.9 Å². The Labute approximate surface area is 91.6 Å². The highest BCUT2D eigenvalue weighted by molar-refractivity contribution is 5.75. The van der Waals surface area contributed by atoms with Gasteiger partial charge in [0, 0.05) is 47.3 Å². The number of rotatable bonds is 8. The van der Waals surface area contributed by atoms with E-state index in [-0.39, 0.29) is 12.5 Å². The zero-order valence-corrected chi connectivity index (χ0v) is 9.90. The summed E-state index contributed by atoms with van der Waals surface area (Å²) in [5.41, 5.74) is 0. The van der Waals surface area contributed by atoms with Crippen molar-refractivity contribution in [2.45, 2.75) is 6.42 Å². The van der Waals surface area contributed by atoms with Crippen LogP contribution < -0.4 is 0 Å². The number of hydrogen-bond acceptors (Lipinski definition) is 4. The van der Waals surface area contributed by atoms with Crippen LogP contribution in [-0.2, 0) is 9.53 Å². The molecule has 0 saturated carbocycles. The van der Waals surface area contributed by atoms with Gasteiger partial charge in [0.1, 0.15) is 0 Å². The predicted molar refractivity (Wildman–Crippen MR) is 58.7 cm³/mol. The molecule has 0 aromatic carbocycles. The summed E-state index contributed by atoms with van der Waals surface area (Å²) < 4.78 is 4.95. The van der Waals surface area contributed by atoms with Crippen molar-refractivity contribution >= 4 is 5.91 Å². The maximum Gasteiger partial charge on any atom is 0.223 e. The van der Waals surface area contributed by atoms with Crippen molar-refractivity contribution in [1.82, 2.24) is 9.80 Å². The third kappa shape index (κ3) is 7.30. The van der Waals surface area contributed by atoms with Gasteiger partial charge < -0.3 is 14.7 Å². The lowest BCUT2D eigenvalue weighted by Gasteiger charge is -2.21. The molecule has 0 fully saturated rings. The molecular formula is C10H22N2O3. The van der Waals surface area contributed by atoms with Crippen LogP contribution in [0.4, 0.5) is 0 Å². The van der Waals surface area contributed by atoms with Crippen molar-refractivity contribution in [2.24, 2.45) is 0 Å². The Balaban J connectivity index is 3.78. The normalized spacial score (nSPS) is 10.7. The Hall–Kier alpha value is -0.650. The molecule has 0 bridgehead atoms. The Bertz CT molecular complexity index is 174. The van der Waals surface area contributed by atoms with Gasteiger partial charge in [-0.05, 0) is 0 Å². The first kappa shape index (κ1) is 14.3. The largest absolute Gasteiger partial charge is 0.395 e. The van der Waals surface area contributed by atoms with Crippen LogP contribution in [0.15, 0.2) is 0 Å². The molecule has 0 radical (unpaired) electrons. The number of carbonyl (C=O) groups excluding carboxylic acids is 1. The molecule has 90 valence electrons. The summed E-state index contributed by atoms with van der Waals surface area (Å²) >= 11 is 0. The van der Waals surface area contributed by atoms with E-state index in [1.165, 1.54) is 0 Å². The molecular weight excluding hydrogens is 196 g/mol. The number of nitrogens with zero attached hydrogens (tertiary/aromatic N) is 2. The van der Waals surface area contributed by atoms with Crippen LogP contribution in [0.25, 0.3) is 0 Å². The third-order valence-corrected chi connectivity index (χ3v) is 2.17. The predicted octanol–water partition coefficient (Wildman–Crippen LogP) is -0.595. The Morgan fingerprint density at radius 2 is 1.93 bits per heavy atom. The van der Waals surface area contributed by atoms with E-state index in [2.05, 4.69) is 0 Å². The molecule has 0 aliphatic heterocycles. The summed E-state index contributed by atoms with van der Waals surface area (Å²) in [6.07, 6.45) is 0.483. The highest BCUT2D eigenvalue weighted by Crippen LogP contribution is 1.94. The number of methoxy groups -OCH3 is 1. The van der Waals surface area contributed by atoms with Crippen LogP contribution in [0, 0.1) is 0 Å². The van der Waals surface area contributed by atoms with E-state index in [9.17, 15) is 4.79 Å². The van der Waals surface area contributed by atoms with Crippen molar-refractivity contribution in [1.29, 1.82) is 0 Å². The smallest absolute Gasteiger partial charge is 0.223 e. The average molecular weight is 218 g/mol. The van der Waals surface area contributed by atoms with Gasteiger partial charge in [0.25, 0.3) is 0 Å². The first-order chi connectivity index (χ1) is 7.11. The van der Waals surface area contributed by atoms with Crippen LogP contribution >= 0.6 is 0 Å². The molecule has 0 aromatic rings. The molecule has 0 rings (SSSR count). The molecule has 0 saturated heterocycles. The lowest BCUT2D eigenvalue weighted by molar-refractivity contribution is -0.129. The fourth-order valence-corrected chi connectivity index (χ4v) is 1.17. The summed E-state index contributed by atoms with van der Waals surface area (Å²) in [4.78, 5) is 14.9. The molecule has 0 unspecified atom stereocenters. The lowest BCUT2D eigenvalue weighted by Crippen LogP contribution is -2.34. The zero-order valence-electron chi connectivity index (χ0n) is 9.90. The van der Waals surface area contributed by atoms with Gasteiger partial charge in [-0.3, -0.25) is 9.69 Å². The molecule has 0 aliphatic rings. The van der Waals surface area contributed by atoms with Crippen molar-refractivity contribution in [2.75, 3.05) is 54.1 Å². The fourth-order valence-electron chi connectivity index (χ4n) is 1.17. The van der Waals surface area contributed by atoms with Crippen molar-refractivity contribution in [3.63, 3.8) is 0 Å². The van der Waals surface area contributed by atoms with Crippen molar-refractivity contribution in [3.8, 4) is 0 Å². The molecule has 1 N–H and O–H groups in total. The third-order valence-electron chi connectivity index (χ3n) is 2.17. The zero-order chi connectivity index (χ0) is 11.7. The maximum atomic E-state index is 11.3. The molecule has 15 heavy (non-hydrogen) atoms. The highest BCUT2D eigenvalue weighted by atomic mass is 16.5. The van der Waals surface area contributed by atoms with Gasteiger partial charge in [-0.15, -0.1) is 0 Å². The summed E-state index contributed by atoms with van der Waals surface area (Å²) in [5, 5.41) is 8.83. The number of aliphatic hydroxyl groups is 1. The number of carbonyl (C=O) groups is 1. The number of ether oxygens (including phenoxy) is 1. The maximum absolute atomic E-state index is 11.3. The molecule has 5 heteroatoms. The molecule has 0 aromatic heterocycles. The Morgan fingerprint density at radius 1 is 1.27 bits per heavy atom.